The van der Waals surface area contributed by atoms with Crippen LogP contribution in [0.25, 0.3) is 0 Å². The normalized spacial score (nSPS) is 11.6. The van der Waals surface area contributed by atoms with Crippen LogP contribution in [0.15, 0.2) is 17.0 Å². The van der Waals surface area contributed by atoms with Crippen LogP contribution in [-0.4, -0.2) is 52.2 Å². The average Bonchev–Trinajstić information content (AvgIpc) is 2.40. The molecule has 21 heavy (non-hydrogen) atoms. The van der Waals surface area contributed by atoms with E-state index in [-0.39, 0.29) is 13.2 Å². The van der Waals surface area contributed by atoms with Crippen molar-refractivity contribution in [3.05, 3.63) is 28.5 Å². The van der Waals surface area contributed by atoms with Gasteiger partial charge < -0.3 is 14.6 Å². The molecule has 0 saturated carbocycles. The highest BCUT2D eigenvalue weighted by Gasteiger charge is 2.21. The van der Waals surface area contributed by atoms with Crippen LogP contribution in [0.4, 0.5) is 4.39 Å². The van der Waals surface area contributed by atoms with Crippen molar-refractivity contribution < 1.29 is 32.2 Å². The maximum atomic E-state index is 13.5. The first kappa shape index (κ1) is 17.8. The molecule has 0 saturated heterocycles. The van der Waals surface area contributed by atoms with Crippen LogP contribution in [0, 0.1) is 5.82 Å². The second-order valence-corrected chi connectivity index (χ2v) is 6.48. The molecule has 0 atom stereocenters. The Balaban J connectivity index is 2.91. The van der Waals surface area contributed by atoms with Crippen LogP contribution in [0.5, 0.6) is 0 Å². The van der Waals surface area contributed by atoms with Gasteiger partial charge in [0, 0.05) is 7.11 Å². The molecule has 0 unspecified atom stereocenters. The monoisotopic (exact) mass is 340 g/mol. The molecule has 0 aromatic heterocycles. The third-order valence-corrected chi connectivity index (χ3v) is 4.56. The van der Waals surface area contributed by atoms with Crippen LogP contribution in [0.1, 0.15) is 10.4 Å². The molecule has 0 radical (unpaired) electrons. The fraction of sp³-hybridized carbons (Fsp3) is 0.417. The lowest BCUT2D eigenvalue weighted by molar-refractivity contribution is 0.0696. The lowest BCUT2D eigenvalue weighted by Crippen LogP contribution is -2.15. The maximum Gasteiger partial charge on any atom is 0.337 e. The molecule has 0 aliphatic heterocycles. The van der Waals surface area contributed by atoms with Gasteiger partial charge in [-0.1, -0.05) is 11.6 Å². The highest BCUT2D eigenvalue weighted by atomic mass is 35.5. The highest BCUT2D eigenvalue weighted by Crippen LogP contribution is 2.25. The molecule has 0 aliphatic rings. The van der Waals surface area contributed by atoms with E-state index in [2.05, 4.69) is 0 Å². The number of sulfone groups is 1. The fourth-order valence-corrected chi connectivity index (χ4v) is 2.77. The summed E-state index contributed by atoms with van der Waals surface area (Å²) in [6.07, 6.45) is 0. The van der Waals surface area contributed by atoms with E-state index in [0.29, 0.717) is 12.7 Å². The summed E-state index contributed by atoms with van der Waals surface area (Å²) in [5, 5.41) is 8.24. The molecule has 0 amide bonds. The first-order chi connectivity index (χ1) is 9.79. The number of carbonyl (C=O) groups is 1. The number of hydrogen-bond donors (Lipinski definition) is 1. The van der Waals surface area contributed by atoms with Gasteiger partial charge in [-0.25, -0.2) is 17.6 Å². The van der Waals surface area contributed by atoms with Crippen molar-refractivity contribution in [3.63, 3.8) is 0 Å². The van der Waals surface area contributed by atoms with Crippen molar-refractivity contribution in [2.24, 2.45) is 0 Å². The smallest absolute Gasteiger partial charge is 0.337 e. The molecule has 0 heterocycles. The Kier molecular flexibility index (Phi) is 6.53. The number of aromatic carboxylic acids is 1. The van der Waals surface area contributed by atoms with Crippen LogP contribution < -0.4 is 0 Å². The van der Waals surface area contributed by atoms with Crippen LogP contribution in [0.3, 0.4) is 0 Å². The molecular formula is C12H14ClFO6S. The molecule has 0 fully saturated rings. The molecule has 1 aromatic carbocycles. The minimum absolute atomic E-state index is 0.113. The summed E-state index contributed by atoms with van der Waals surface area (Å²) in [5.41, 5.74) is -0.601. The maximum absolute atomic E-state index is 13.5. The van der Waals surface area contributed by atoms with Crippen molar-refractivity contribution in [1.29, 1.82) is 0 Å². The predicted molar refractivity (Wildman–Crippen MR) is 73.1 cm³/mol. The highest BCUT2D eigenvalue weighted by molar-refractivity contribution is 7.91. The minimum Gasteiger partial charge on any atom is -0.478 e. The number of ether oxygens (including phenoxy) is 2. The summed E-state index contributed by atoms with van der Waals surface area (Å²) in [4.78, 5) is 10.5. The van der Waals surface area contributed by atoms with E-state index in [4.69, 9.17) is 26.2 Å². The topological polar surface area (TPSA) is 89.9 Å². The average molecular weight is 341 g/mol. The zero-order chi connectivity index (χ0) is 16.0. The lowest BCUT2D eigenvalue weighted by Gasteiger charge is -2.08. The summed E-state index contributed by atoms with van der Waals surface area (Å²) in [6, 6.07) is 1.53. The molecule has 1 N–H and O–H groups in total. The van der Waals surface area contributed by atoms with E-state index in [0.717, 1.165) is 6.07 Å². The van der Waals surface area contributed by atoms with Gasteiger partial charge in [0.15, 0.2) is 9.84 Å². The van der Waals surface area contributed by atoms with Crippen molar-refractivity contribution in [2.45, 2.75) is 4.90 Å². The number of rotatable bonds is 8. The van der Waals surface area contributed by atoms with Gasteiger partial charge in [0.1, 0.15) is 5.82 Å². The van der Waals surface area contributed by atoms with Crippen LogP contribution >= 0.6 is 11.6 Å². The molecule has 118 valence electrons. The van der Waals surface area contributed by atoms with Gasteiger partial charge in [0.05, 0.1) is 41.1 Å². The zero-order valence-electron chi connectivity index (χ0n) is 11.1. The van der Waals surface area contributed by atoms with Crippen molar-refractivity contribution in [1.82, 2.24) is 0 Å². The van der Waals surface area contributed by atoms with E-state index >= 15 is 0 Å². The largest absolute Gasteiger partial charge is 0.478 e. The Morgan fingerprint density at radius 3 is 2.57 bits per heavy atom. The standard InChI is InChI=1S/C12H14ClFO6S/c1-19-2-3-20-4-5-21(17,18)8-6-9(12(15)16)11(13)10(14)7-8/h6-7H,2-5H2,1H3,(H,15,16). The van der Waals surface area contributed by atoms with Gasteiger partial charge in [-0.3, -0.25) is 0 Å². The number of carboxylic acids is 1. The lowest BCUT2D eigenvalue weighted by atomic mass is 10.2. The van der Waals surface area contributed by atoms with Gasteiger partial charge in [-0.2, -0.15) is 0 Å². The second-order valence-electron chi connectivity index (χ2n) is 4.00. The van der Waals surface area contributed by atoms with E-state index in [9.17, 15) is 17.6 Å². The van der Waals surface area contributed by atoms with Gasteiger partial charge in [-0.05, 0) is 12.1 Å². The van der Waals surface area contributed by atoms with E-state index in [1.807, 2.05) is 0 Å². The van der Waals surface area contributed by atoms with Crippen LogP contribution in [0.2, 0.25) is 5.02 Å². The van der Waals surface area contributed by atoms with Crippen molar-refractivity contribution >= 4 is 27.4 Å². The number of carboxylic acid groups (broad SMARTS) is 1. The molecule has 0 aliphatic carbocycles. The number of methoxy groups -OCH3 is 1. The van der Waals surface area contributed by atoms with E-state index in [1.54, 1.807) is 0 Å². The molecule has 0 spiro atoms. The Morgan fingerprint density at radius 2 is 2.00 bits per heavy atom. The Bertz CT molecular complexity index is 616. The van der Waals surface area contributed by atoms with Gasteiger partial charge in [0.25, 0.3) is 0 Å². The zero-order valence-corrected chi connectivity index (χ0v) is 12.7. The Labute approximate surface area is 126 Å². The number of hydrogen-bond acceptors (Lipinski definition) is 5. The first-order valence-electron chi connectivity index (χ1n) is 5.81. The van der Waals surface area contributed by atoms with Crippen molar-refractivity contribution in [3.8, 4) is 0 Å². The molecular weight excluding hydrogens is 327 g/mol. The molecule has 9 heteroatoms. The quantitative estimate of drug-likeness (QED) is 0.723. The fourth-order valence-electron chi connectivity index (χ4n) is 1.43. The van der Waals surface area contributed by atoms with Gasteiger partial charge in [0.2, 0.25) is 0 Å². The van der Waals surface area contributed by atoms with E-state index < -0.39 is 42.9 Å². The summed E-state index contributed by atoms with van der Waals surface area (Å²) in [7, 11) is -2.39. The van der Waals surface area contributed by atoms with Crippen molar-refractivity contribution in [2.75, 3.05) is 32.7 Å². The van der Waals surface area contributed by atoms with Gasteiger partial charge >= 0.3 is 5.97 Å². The Morgan fingerprint density at radius 1 is 1.33 bits per heavy atom. The second kappa shape index (κ2) is 7.69. The SMILES string of the molecule is COCCOCCS(=O)(=O)c1cc(F)c(Cl)c(C(=O)O)c1. The van der Waals surface area contributed by atoms with E-state index in [1.165, 1.54) is 7.11 Å². The molecule has 6 nitrogen and oxygen atoms in total. The molecule has 1 aromatic rings. The summed E-state index contributed by atoms with van der Waals surface area (Å²) >= 11 is 5.48. The van der Waals surface area contributed by atoms with Gasteiger partial charge in [-0.15, -0.1) is 0 Å². The Hall–Kier alpha value is -1.22. The summed E-state index contributed by atoms with van der Waals surface area (Å²) < 4.78 is 47.2. The molecule has 0 bridgehead atoms. The third kappa shape index (κ3) is 4.92. The summed E-state index contributed by atoms with van der Waals surface area (Å²) in [5.74, 6) is -3.01. The minimum atomic E-state index is -3.87. The first-order valence-corrected chi connectivity index (χ1v) is 7.84. The molecule has 1 rings (SSSR count). The van der Waals surface area contributed by atoms with Crippen LogP contribution in [-0.2, 0) is 19.3 Å². The predicted octanol–water partition coefficient (Wildman–Crippen LogP) is 1.61. The number of benzene rings is 1. The third-order valence-electron chi connectivity index (χ3n) is 2.52. The summed E-state index contributed by atoms with van der Waals surface area (Å²) in [6.45, 7) is 0.429. The number of halogens is 2.